The number of hydrogen-bond donors (Lipinski definition) is 0. The van der Waals surface area contributed by atoms with Gasteiger partial charge < -0.3 is 9.64 Å². The summed E-state index contributed by atoms with van der Waals surface area (Å²) in [6.45, 7) is 4.72. The second kappa shape index (κ2) is 8.14. The lowest BCUT2D eigenvalue weighted by Crippen LogP contribution is -2.33. The fourth-order valence-corrected chi connectivity index (χ4v) is 4.80. The molecule has 0 bridgehead atoms. The number of likely N-dealkylation sites (N-methyl/N-ethyl adjacent to an activating group) is 1. The fraction of sp³-hybridized carbons (Fsp3) is 0.632. The maximum atomic E-state index is 13.5. The molecule has 0 atom stereocenters. The van der Waals surface area contributed by atoms with Crippen LogP contribution in [0.5, 0.6) is 0 Å². The van der Waals surface area contributed by atoms with Crippen molar-refractivity contribution >= 4 is 27.5 Å². The van der Waals surface area contributed by atoms with Crippen LogP contribution in [-0.4, -0.2) is 47.0 Å². The molecule has 3 rings (SSSR count). The Morgan fingerprint density at radius 1 is 1.37 bits per heavy atom. The van der Waals surface area contributed by atoms with Crippen LogP contribution in [0.4, 0.5) is 8.78 Å². The molecule has 5 nitrogen and oxygen atoms in total. The molecule has 1 saturated carbocycles. The van der Waals surface area contributed by atoms with Crippen LogP contribution in [0, 0.1) is 6.92 Å². The summed E-state index contributed by atoms with van der Waals surface area (Å²) >= 11 is 1.56. The van der Waals surface area contributed by atoms with E-state index in [2.05, 4.69) is 9.97 Å². The lowest BCUT2D eigenvalue weighted by molar-refractivity contribution is -0.135. The molecule has 1 fully saturated rings. The fourth-order valence-electron chi connectivity index (χ4n) is 3.54. The predicted molar refractivity (Wildman–Crippen MR) is 101 cm³/mol. The number of aryl methyl sites for hydroxylation is 1. The molecule has 2 aromatic heterocycles. The van der Waals surface area contributed by atoms with E-state index in [1.165, 1.54) is 7.11 Å². The van der Waals surface area contributed by atoms with Gasteiger partial charge in [0.25, 0.3) is 0 Å². The first-order valence-corrected chi connectivity index (χ1v) is 10.1. The van der Waals surface area contributed by atoms with Crippen LogP contribution in [0.2, 0.25) is 0 Å². The minimum Gasteiger partial charge on any atom is -0.375 e. The summed E-state index contributed by atoms with van der Waals surface area (Å²) in [5, 5.41) is 0.918. The topological polar surface area (TPSA) is 55.3 Å². The third-order valence-electron chi connectivity index (χ3n) is 5.06. The minimum absolute atomic E-state index is 0.0339. The number of aromatic nitrogens is 2. The number of halogens is 2. The normalized spacial score (nSPS) is 17.4. The third kappa shape index (κ3) is 4.60. The van der Waals surface area contributed by atoms with Gasteiger partial charge in [0, 0.05) is 36.8 Å². The summed E-state index contributed by atoms with van der Waals surface area (Å²) in [7, 11) is 1.50. The molecule has 0 unspecified atom stereocenters. The maximum absolute atomic E-state index is 13.5. The highest BCUT2D eigenvalue weighted by atomic mass is 32.1. The largest absolute Gasteiger partial charge is 0.375 e. The molecule has 1 aliphatic rings. The van der Waals surface area contributed by atoms with Crippen molar-refractivity contribution in [1.29, 1.82) is 0 Å². The lowest BCUT2D eigenvalue weighted by Gasteiger charge is -2.27. The molecule has 148 valence electrons. The second-order valence-electron chi connectivity index (χ2n) is 7.06. The van der Waals surface area contributed by atoms with Crippen molar-refractivity contribution < 1.29 is 18.3 Å². The molecule has 1 aliphatic carbocycles. The first-order chi connectivity index (χ1) is 12.8. The molecule has 8 heteroatoms. The highest BCUT2D eigenvalue weighted by Gasteiger charge is 2.36. The highest BCUT2D eigenvalue weighted by molar-refractivity contribution is 7.18. The number of fused-ring (bicyclic) bond motifs is 1. The molecule has 0 aromatic carbocycles. The Morgan fingerprint density at radius 3 is 2.70 bits per heavy atom. The summed E-state index contributed by atoms with van der Waals surface area (Å²) in [6.07, 6.45) is 0.876. The second-order valence-corrected chi connectivity index (χ2v) is 8.12. The number of ether oxygens (including phenoxy) is 1. The van der Waals surface area contributed by atoms with E-state index in [4.69, 9.17) is 4.74 Å². The van der Waals surface area contributed by atoms with Crippen LogP contribution in [0.25, 0.3) is 10.2 Å². The van der Waals surface area contributed by atoms with E-state index in [0.29, 0.717) is 31.8 Å². The van der Waals surface area contributed by atoms with Crippen molar-refractivity contribution in [3.63, 3.8) is 0 Å². The van der Waals surface area contributed by atoms with Crippen LogP contribution in [0.3, 0.4) is 0 Å². The molecular weight excluding hydrogens is 372 g/mol. The Balaban J connectivity index is 1.88. The Morgan fingerprint density at radius 2 is 2.07 bits per heavy atom. The Hall–Kier alpha value is -1.67. The zero-order valence-electron chi connectivity index (χ0n) is 15.9. The van der Waals surface area contributed by atoms with Gasteiger partial charge >= 0.3 is 0 Å². The SMILES string of the molecule is CCN(Cc1nc(C)nc2sc(C3CCC(F)(F)CC3)cc12)C(=O)COC. The van der Waals surface area contributed by atoms with E-state index < -0.39 is 5.92 Å². The lowest BCUT2D eigenvalue weighted by atomic mass is 9.86. The molecule has 2 heterocycles. The molecule has 1 amide bonds. The van der Waals surface area contributed by atoms with Crippen LogP contribution in [0.1, 0.15) is 54.9 Å². The van der Waals surface area contributed by atoms with Gasteiger partial charge in [-0.05, 0) is 38.7 Å². The maximum Gasteiger partial charge on any atom is 0.248 e. The molecule has 0 spiro atoms. The first kappa shape index (κ1) is 20.1. The summed E-state index contributed by atoms with van der Waals surface area (Å²) in [5.74, 6) is -1.82. The van der Waals surface area contributed by atoms with E-state index in [0.717, 1.165) is 20.8 Å². The molecule has 2 aromatic rings. The Bertz CT molecular complexity index is 815. The van der Waals surface area contributed by atoms with E-state index in [1.807, 2.05) is 19.9 Å². The quantitative estimate of drug-likeness (QED) is 0.730. The molecule has 0 saturated heterocycles. The number of nitrogens with zero attached hydrogens (tertiary/aromatic N) is 3. The zero-order valence-corrected chi connectivity index (χ0v) is 16.7. The number of carbonyl (C=O) groups excluding carboxylic acids is 1. The number of amides is 1. The number of alkyl halides is 2. The van der Waals surface area contributed by atoms with Crippen molar-refractivity contribution in [1.82, 2.24) is 14.9 Å². The zero-order chi connectivity index (χ0) is 19.6. The van der Waals surface area contributed by atoms with E-state index in [-0.39, 0.29) is 31.3 Å². The smallest absolute Gasteiger partial charge is 0.248 e. The predicted octanol–water partition coefficient (Wildman–Crippen LogP) is 4.29. The van der Waals surface area contributed by atoms with Crippen LogP contribution in [0.15, 0.2) is 6.07 Å². The van der Waals surface area contributed by atoms with Crippen molar-refractivity contribution in [2.45, 2.75) is 57.9 Å². The van der Waals surface area contributed by atoms with Crippen molar-refractivity contribution in [2.24, 2.45) is 0 Å². The van der Waals surface area contributed by atoms with Crippen LogP contribution >= 0.6 is 11.3 Å². The summed E-state index contributed by atoms with van der Waals surface area (Å²) in [4.78, 5) is 24.9. The minimum atomic E-state index is -2.53. The van der Waals surface area contributed by atoms with Crippen LogP contribution in [-0.2, 0) is 16.1 Å². The van der Waals surface area contributed by atoms with Gasteiger partial charge in [-0.15, -0.1) is 11.3 Å². The van der Waals surface area contributed by atoms with Gasteiger partial charge in [-0.1, -0.05) is 0 Å². The number of thiophene rings is 1. The van der Waals surface area contributed by atoms with Gasteiger partial charge in [-0.2, -0.15) is 0 Å². The average molecular weight is 397 g/mol. The highest BCUT2D eigenvalue weighted by Crippen LogP contribution is 2.44. The van der Waals surface area contributed by atoms with Gasteiger partial charge in [0.1, 0.15) is 17.3 Å². The van der Waals surface area contributed by atoms with E-state index >= 15 is 0 Å². The molecule has 0 aliphatic heterocycles. The third-order valence-corrected chi connectivity index (χ3v) is 6.26. The standard InChI is InChI=1S/C19H25F2N3O2S/c1-4-24(17(25)11-26-3)10-15-14-9-16(27-18(14)23-12(2)22-15)13-5-7-19(20,21)8-6-13/h9,13H,4-8,10-11H2,1-3H3. The van der Waals surface area contributed by atoms with Gasteiger partial charge in [0.2, 0.25) is 11.8 Å². The number of methoxy groups -OCH3 is 1. The summed E-state index contributed by atoms with van der Waals surface area (Å²) < 4.78 is 31.9. The van der Waals surface area contributed by atoms with Gasteiger partial charge in [-0.3, -0.25) is 4.79 Å². The number of rotatable bonds is 6. The molecular formula is C19H25F2N3O2S. The summed E-state index contributed by atoms with van der Waals surface area (Å²) in [6, 6.07) is 2.04. The van der Waals surface area contributed by atoms with Crippen molar-refractivity contribution in [3.05, 3.63) is 22.5 Å². The monoisotopic (exact) mass is 397 g/mol. The molecule has 0 N–H and O–H groups in total. The van der Waals surface area contributed by atoms with Gasteiger partial charge in [-0.25, -0.2) is 18.7 Å². The van der Waals surface area contributed by atoms with Gasteiger partial charge in [0.05, 0.1) is 12.2 Å². The first-order valence-electron chi connectivity index (χ1n) is 9.24. The Labute approximate surface area is 161 Å². The molecule has 27 heavy (non-hydrogen) atoms. The Kier molecular flexibility index (Phi) is 6.05. The molecule has 0 radical (unpaired) electrons. The van der Waals surface area contributed by atoms with Crippen LogP contribution < -0.4 is 0 Å². The summed E-state index contributed by atoms with van der Waals surface area (Å²) in [5.41, 5.74) is 0.799. The number of carbonyl (C=O) groups is 1. The van der Waals surface area contributed by atoms with Crippen molar-refractivity contribution in [3.8, 4) is 0 Å². The van der Waals surface area contributed by atoms with E-state index in [1.54, 1.807) is 16.2 Å². The van der Waals surface area contributed by atoms with Crippen molar-refractivity contribution in [2.75, 3.05) is 20.3 Å². The van der Waals surface area contributed by atoms with Gasteiger partial charge in [0.15, 0.2) is 0 Å². The average Bonchev–Trinajstić information content (AvgIpc) is 3.03. The van der Waals surface area contributed by atoms with E-state index in [9.17, 15) is 13.6 Å². The number of hydrogen-bond acceptors (Lipinski definition) is 5.